The molecular weight excluding hydrogens is 506 g/mol. The summed E-state index contributed by atoms with van der Waals surface area (Å²) in [6.07, 6.45) is -0.843. The van der Waals surface area contributed by atoms with Crippen molar-refractivity contribution in [1.29, 1.82) is 0 Å². The number of alkyl halides is 4. The van der Waals surface area contributed by atoms with Crippen LogP contribution in [0.2, 0.25) is 0 Å². The molecule has 0 radical (unpaired) electrons. The highest BCUT2D eigenvalue weighted by atomic mass is 19.4. The molecule has 206 valence electrons. The first-order valence-electron chi connectivity index (χ1n) is 12.9. The van der Waals surface area contributed by atoms with E-state index < -0.39 is 23.9 Å². The fourth-order valence-electron chi connectivity index (χ4n) is 5.88. The lowest BCUT2D eigenvalue weighted by molar-refractivity contribution is -0.137. The molecule has 3 saturated heterocycles. The normalized spacial score (nSPS) is 20.8. The minimum Gasteiger partial charge on any atom is -0.476 e. The lowest BCUT2D eigenvalue weighted by Crippen LogP contribution is -2.43. The minimum absolute atomic E-state index is 0.0408. The third-order valence-corrected chi connectivity index (χ3v) is 8.20. The Balaban J connectivity index is 1.23. The summed E-state index contributed by atoms with van der Waals surface area (Å²) in [5, 5.41) is 12.9. The van der Waals surface area contributed by atoms with Gasteiger partial charge in [0.1, 0.15) is 6.17 Å². The summed E-state index contributed by atoms with van der Waals surface area (Å²) in [6.45, 7) is 3.92. The van der Waals surface area contributed by atoms with Gasteiger partial charge in [-0.2, -0.15) is 23.0 Å². The second kappa shape index (κ2) is 10.2. The molecule has 12 heteroatoms. The van der Waals surface area contributed by atoms with Crippen molar-refractivity contribution in [2.75, 3.05) is 44.2 Å². The monoisotopic (exact) mass is 537 g/mol. The van der Waals surface area contributed by atoms with Crippen LogP contribution >= 0.6 is 0 Å². The molecule has 0 unspecified atom stereocenters. The van der Waals surface area contributed by atoms with Gasteiger partial charge in [0.25, 0.3) is 0 Å². The molecule has 0 aliphatic carbocycles. The summed E-state index contributed by atoms with van der Waals surface area (Å²) in [5.74, 6) is -1.19. The number of likely N-dealkylation sites (tertiary alicyclic amines) is 2. The van der Waals surface area contributed by atoms with E-state index in [1.165, 1.54) is 18.3 Å². The molecule has 5 rings (SSSR count). The van der Waals surface area contributed by atoms with Crippen LogP contribution in [0.25, 0.3) is 0 Å². The maximum Gasteiger partial charge on any atom is 0.416 e. The van der Waals surface area contributed by atoms with E-state index in [9.17, 15) is 27.2 Å². The molecule has 1 aromatic heterocycles. The largest absolute Gasteiger partial charge is 0.476 e. The van der Waals surface area contributed by atoms with Crippen LogP contribution in [0.15, 0.2) is 30.5 Å². The maximum absolute atomic E-state index is 13.7. The van der Waals surface area contributed by atoms with Crippen LogP contribution in [0.1, 0.15) is 53.7 Å². The molecule has 3 aliphatic heterocycles. The van der Waals surface area contributed by atoms with Crippen molar-refractivity contribution in [3.63, 3.8) is 0 Å². The van der Waals surface area contributed by atoms with Gasteiger partial charge in [0.15, 0.2) is 5.69 Å². The smallest absolute Gasteiger partial charge is 0.416 e. The second-order valence-corrected chi connectivity index (χ2v) is 10.7. The third kappa shape index (κ3) is 5.50. The molecule has 0 saturated carbocycles. The van der Waals surface area contributed by atoms with Crippen molar-refractivity contribution in [1.82, 2.24) is 19.6 Å². The van der Waals surface area contributed by atoms with Gasteiger partial charge >= 0.3 is 18.2 Å². The van der Waals surface area contributed by atoms with Crippen molar-refractivity contribution >= 4 is 17.7 Å². The lowest BCUT2D eigenvalue weighted by atomic mass is 9.77. The van der Waals surface area contributed by atoms with Gasteiger partial charge in [0.05, 0.1) is 5.56 Å². The highest BCUT2D eigenvalue weighted by Crippen LogP contribution is 2.41. The zero-order chi connectivity index (χ0) is 27.1. The van der Waals surface area contributed by atoms with E-state index in [4.69, 9.17) is 5.11 Å². The fraction of sp³-hybridized carbons (Fsp3) is 0.577. The Kier molecular flexibility index (Phi) is 7.10. The number of hydrogen-bond donors (Lipinski definition) is 1. The molecule has 1 aromatic carbocycles. The van der Waals surface area contributed by atoms with E-state index in [0.29, 0.717) is 51.3 Å². The Labute approximate surface area is 217 Å². The van der Waals surface area contributed by atoms with Gasteiger partial charge in [-0.05, 0) is 74.4 Å². The fourth-order valence-corrected chi connectivity index (χ4v) is 5.88. The molecule has 38 heavy (non-hydrogen) atoms. The Morgan fingerprint density at radius 2 is 1.71 bits per heavy atom. The third-order valence-electron chi connectivity index (χ3n) is 8.20. The minimum atomic E-state index is -4.44. The number of rotatable bonds is 4. The van der Waals surface area contributed by atoms with Crippen molar-refractivity contribution < 1.29 is 32.3 Å². The number of carbonyl (C=O) groups excluding carboxylic acids is 1. The van der Waals surface area contributed by atoms with Gasteiger partial charge in [-0.25, -0.2) is 14.0 Å². The molecule has 0 bridgehead atoms. The average molecular weight is 538 g/mol. The van der Waals surface area contributed by atoms with Crippen LogP contribution in [-0.2, 0) is 12.7 Å². The van der Waals surface area contributed by atoms with Crippen molar-refractivity contribution in [2.45, 2.75) is 51.0 Å². The van der Waals surface area contributed by atoms with E-state index in [1.54, 1.807) is 11.0 Å². The van der Waals surface area contributed by atoms with E-state index in [0.717, 1.165) is 48.7 Å². The number of nitrogens with zero attached hydrogens (tertiary/aromatic N) is 5. The SMILES string of the molecule is O=C(O)c1ccn(C(=O)N2CCC3(CCN(Cc4ccc(C(F)(F)F)cc4N4CCC(F)CC4)CC3)C2)n1. The highest BCUT2D eigenvalue weighted by Gasteiger charge is 2.42. The zero-order valence-electron chi connectivity index (χ0n) is 21.0. The number of piperidine rings is 2. The number of amides is 1. The van der Waals surface area contributed by atoms with Gasteiger partial charge in [-0.1, -0.05) is 6.07 Å². The van der Waals surface area contributed by atoms with E-state index >= 15 is 0 Å². The van der Waals surface area contributed by atoms with Crippen LogP contribution in [0.3, 0.4) is 0 Å². The molecule has 4 heterocycles. The predicted octanol–water partition coefficient (Wildman–Crippen LogP) is 4.49. The lowest BCUT2D eigenvalue weighted by Gasteiger charge is -2.40. The van der Waals surface area contributed by atoms with Gasteiger partial charge in [-0.15, -0.1) is 0 Å². The second-order valence-electron chi connectivity index (χ2n) is 10.7. The summed E-state index contributed by atoms with van der Waals surface area (Å²) in [6, 6.07) is 4.82. The molecule has 1 amide bonds. The Morgan fingerprint density at radius 3 is 2.34 bits per heavy atom. The number of carboxylic acids is 1. The Morgan fingerprint density at radius 1 is 1.03 bits per heavy atom. The van der Waals surface area contributed by atoms with E-state index in [2.05, 4.69) is 10.00 Å². The Bertz CT molecular complexity index is 1180. The molecular formula is C26H31F4N5O3. The first-order chi connectivity index (χ1) is 18.0. The van der Waals surface area contributed by atoms with Crippen molar-refractivity contribution in [3.8, 4) is 0 Å². The summed E-state index contributed by atoms with van der Waals surface area (Å²) in [7, 11) is 0. The number of aromatic carboxylic acids is 1. The summed E-state index contributed by atoms with van der Waals surface area (Å²) < 4.78 is 55.1. The molecule has 1 N–H and O–H groups in total. The molecule has 3 fully saturated rings. The molecule has 0 atom stereocenters. The van der Waals surface area contributed by atoms with E-state index in [1.807, 2.05) is 4.90 Å². The molecule has 8 nitrogen and oxygen atoms in total. The van der Waals surface area contributed by atoms with Gasteiger partial charge in [0, 0.05) is 44.6 Å². The number of anilines is 1. The summed E-state index contributed by atoms with van der Waals surface area (Å²) >= 11 is 0. The molecule has 3 aliphatic rings. The van der Waals surface area contributed by atoms with Crippen LogP contribution < -0.4 is 4.90 Å². The van der Waals surface area contributed by atoms with Gasteiger partial charge in [-0.3, -0.25) is 4.90 Å². The van der Waals surface area contributed by atoms with E-state index in [-0.39, 0.29) is 17.1 Å². The standard InChI is InChI=1S/C26H31F4N5O3/c27-20-3-9-33(10-4-20)22-15-19(26(28,29)30)2-1-18(22)16-32-12-6-25(7-13-32)8-14-34(17-25)24(38)35-11-5-21(31-35)23(36)37/h1-2,5,11,15,20H,3-4,6-10,12-14,16-17H2,(H,36,37). The van der Waals surface area contributed by atoms with Gasteiger partial charge < -0.3 is 14.9 Å². The predicted molar refractivity (Wildman–Crippen MR) is 131 cm³/mol. The zero-order valence-corrected chi connectivity index (χ0v) is 21.0. The Hall–Kier alpha value is -3.15. The summed E-state index contributed by atoms with van der Waals surface area (Å²) in [5.41, 5.74) is 0.421. The van der Waals surface area contributed by atoms with Gasteiger partial charge in [0.2, 0.25) is 0 Å². The molecule has 2 aromatic rings. The maximum atomic E-state index is 13.7. The topological polar surface area (TPSA) is 81.9 Å². The number of hydrogen-bond acceptors (Lipinski definition) is 5. The van der Waals surface area contributed by atoms with Crippen LogP contribution in [-0.4, -0.2) is 82.1 Å². The van der Waals surface area contributed by atoms with Crippen LogP contribution in [0.5, 0.6) is 0 Å². The number of aromatic nitrogens is 2. The summed E-state index contributed by atoms with van der Waals surface area (Å²) in [4.78, 5) is 29.7. The highest BCUT2D eigenvalue weighted by molar-refractivity contribution is 5.86. The number of halogens is 4. The molecule has 1 spiro atoms. The van der Waals surface area contributed by atoms with Crippen LogP contribution in [0.4, 0.5) is 28.0 Å². The quantitative estimate of drug-likeness (QED) is 0.579. The average Bonchev–Trinajstić information content (AvgIpc) is 3.54. The van der Waals surface area contributed by atoms with Crippen molar-refractivity contribution in [2.24, 2.45) is 5.41 Å². The number of benzene rings is 1. The van der Waals surface area contributed by atoms with Crippen molar-refractivity contribution in [3.05, 3.63) is 47.3 Å². The first-order valence-corrected chi connectivity index (χ1v) is 12.9. The first kappa shape index (κ1) is 26.5. The van der Waals surface area contributed by atoms with Crippen LogP contribution in [0, 0.1) is 5.41 Å². The number of carbonyl (C=O) groups is 2. The number of carboxylic acid groups (broad SMARTS) is 1.